The summed E-state index contributed by atoms with van der Waals surface area (Å²) in [4.78, 5) is 36.5. The quantitative estimate of drug-likeness (QED) is 0.830. The van der Waals surface area contributed by atoms with E-state index in [4.69, 9.17) is 0 Å². The third-order valence-corrected chi connectivity index (χ3v) is 6.12. The minimum absolute atomic E-state index is 0.121. The summed E-state index contributed by atoms with van der Waals surface area (Å²) < 4.78 is 0. The topological polar surface area (TPSA) is 68.8 Å². The summed E-state index contributed by atoms with van der Waals surface area (Å²) in [6, 6.07) is 10.7. The van der Waals surface area contributed by atoms with Gasteiger partial charge in [0.1, 0.15) is 0 Å². The molecule has 3 amide bonds. The molecule has 1 aromatic heterocycles. The number of aromatic nitrogens is 1. The van der Waals surface area contributed by atoms with Gasteiger partial charge >= 0.3 is 6.03 Å². The summed E-state index contributed by atoms with van der Waals surface area (Å²) in [6.07, 6.45) is 2.75. The molecule has 0 saturated carbocycles. The number of fused-ring (bicyclic) bond motifs is 2. The van der Waals surface area contributed by atoms with Crippen molar-refractivity contribution in [2.45, 2.75) is 13.3 Å². The van der Waals surface area contributed by atoms with Crippen LogP contribution in [0.4, 0.5) is 22.0 Å². The fourth-order valence-electron chi connectivity index (χ4n) is 4.62. The summed E-state index contributed by atoms with van der Waals surface area (Å²) in [5.74, 6) is 0.137. The highest BCUT2D eigenvalue weighted by Crippen LogP contribution is 2.43. The van der Waals surface area contributed by atoms with E-state index in [1.165, 1.54) is 0 Å². The van der Waals surface area contributed by atoms with Gasteiger partial charge in [-0.15, -0.1) is 0 Å². The van der Waals surface area contributed by atoms with Gasteiger partial charge in [-0.2, -0.15) is 0 Å². The predicted molar refractivity (Wildman–Crippen MR) is 107 cm³/mol. The molecule has 144 valence electrons. The van der Waals surface area contributed by atoms with Crippen molar-refractivity contribution >= 4 is 29.1 Å². The molecule has 5 rings (SSSR count). The number of urea groups is 1. The second-order valence-electron chi connectivity index (χ2n) is 7.94. The van der Waals surface area contributed by atoms with Crippen molar-refractivity contribution in [3.63, 3.8) is 0 Å². The molecule has 0 radical (unpaired) electrons. The van der Waals surface area contributed by atoms with Crippen LogP contribution in [0.2, 0.25) is 0 Å². The third-order valence-electron chi connectivity index (χ3n) is 6.12. The Morgan fingerprint density at radius 3 is 2.79 bits per heavy atom. The molecule has 2 aromatic rings. The van der Waals surface area contributed by atoms with E-state index in [0.29, 0.717) is 22.8 Å². The van der Waals surface area contributed by atoms with Gasteiger partial charge in [0.05, 0.1) is 16.9 Å². The summed E-state index contributed by atoms with van der Waals surface area (Å²) in [7, 11) is 0. The molecule has 1 N–H and O–H groups in total. The van der Waals surface area contributed by atoms with Crippen LogP contribution in [0, 0.1) is 5.41 Å². The first-order chi connectivity index (χ1) is 13.6. The van der Waals surface area contributed by atoms with Crippen molar-refractivity contribution < 1.29 is 9.59 Å². The maximum atomic E-state index is 13.5. The molecule has 1 aromatic carbocycles. The van der Waals surface area contributed by atoms with Gasteiger partial charge in [-0.3, -0.25) is 4.79 Å². The number of amides is 3. The highest BCUT2D eigenvalue weighted by molar-refractivity contribution is 6.16. The van der Waals surface area contributed by atoms with Gasteiger partial charge < -0.3 is 15.1 Å². The third kappa shape index (κ3) is 2.57. The number of carbonyl (C=O) groups is 2. The standard InChI is InChI=1S/C21H23N5O2/c1-2-24-11-9-21(12-24)13-25(14-21)20(28)26-17-8-4-3-7-16(17)23-19(27)15-6-5-10-22-18(15)26/h3-8,10H,2,9,11-14H2,1H3,(H,23,27). The summed E-state index contributed by atoms with van der Waals surface area (Å²) in [6.45, 7) is 6.91. The van der Waals surface area contributed by atoms with Gasteiger partial charge in [-0.1, -0.05) is 19.1 Å². The molecule has 0 bridgehead atoms. The first-order valence-corrected chi connectivity index (χ1v) is 9.77. The minimum atomic E-state index is -0.250. The molecular formula is C21H23N5O2. The molecule has 1 spiro atoms. The number of nitrogens with one attached hydrogen (secondary N) is 1. The van der Waals surface area contributed by atoms with E-state index >= 15 is 0 Å². The van der Waals surface area contributed by atoms with Crippen molar-refractivity contribution in [2.24, 2.45) is 5.41 Å². The van der Waals surface area contributed by atoms with Crippen molar-refractivity contribution in [2.75, 3.05) is 42.9 Å². The number of pyridine rings is 1. The van der Waals surface area contributed by atoms with Crippen molar-refractivity contribution in [3.8, 4) is 0 Å². The predicted octanol–water partition coefficient (Wildman–Crippen LogP) is 2.93. The Kier molecular flexibility index (Phi) is 3.87. The molecule has 4 heterocycles. The van der Waals surface area contributed by atoms with Crippen LogP contribution in [-0.4, -0.2) is 59.4 Å². The summed E-state index contributed by atoms with van der Waals surface area (Å²) in [5.41, 5.74) is 1.89. The van der Waals surface area contributed by atoms with Gasteiger partial charge in [-0.05, 0) is 43.8 Å². The van der Waals surface area contributed by atoms with E-state index in [9.17, 15) is 9.59 Å². The molecule has 7 heteroatoms. The minimum Gasteiger partial charge on any atom is -0.323 e. The number of hydrogen-bond acceptors (Lipinski definition) is 4. The molecule has 0 atom stereocenters. The number of rotatable bonds is 1. The van der Waals surface area contributed by atoms with Gasteiger partial charge in [0, 0.05) is 31.2 Å². The number of carbonyl (C=O) groups excluding carboxylic acids is 2. The number of likely N-dealkylation sites (tertiary alicyclic amines) is 2. The lowest BCUT2D eigenvalue weighted by Crippen LogP contribution is -2.61. The second kappa shape index (κ2) is 6.31. The SMILES string of the molecule is CCN1CCC2(C1)CN(C(=O)N1c3ccccc3NC(=O)c3cccnc31)C2. The molecular weight excluding hydrogens is 354 g/mol. The smallest absolute Gasteiger partial charge is 0.323 e. The highest BCUT2D eigenvalue weighted by Gasteiger charge is 2.50. The summed E-state index contributed by atoms with van der Waals surface area (Å²) >= 11 is 0. The fraction of sp³-hybridized carbons (Fsp3) is 0.381. The number of anilines is 3. The molecule has 3 aliphatic heterocycles. The van der Waals surface area contributed by atoms with Gasteiger partial charge in [0.25, 0.3) is 5.91 Å². The van der Waals surface area contributed by atoms with E-state index in [0.717, 1.165) is 39.1 Å². The average Bonchev–Trinajstić information content (AvgIpc) is 3.08. The average molecular weight is 377 g/mol. The van der Waals surface area contributed by atoms with Crippen LogP contribution >= 0.6 is 0 Å². The van der Waals surface area contributed by atoms with Gasteiger partial charge in [0.15, 0.2) is 5.82 Å². The zero-order valence-electron chi connectivity index (χ0n) is 15.9. The molecule has 2 saturated heterocycles. The van der Waals surface area contributed by atoms with E-state index in [1.54, 1.807) is 23.2 Å². The van der Waals surface area contributed by atoms with Crippen molar-refractivity contribution in [1.82, 2.24) is 14.8 Å². The van der Waals surface area contributed by atoms with Crippen molar-refractivity contribution in [1.29, 1.82) is 0 Å². The van der Waals surface area contributed by atoms with E-state index in [2.05, 4.69) is 22.1 Å². The Bertz CT molecular complexity index is 953. The largest absolute Gasteiger partial charge is 0.330 e. The fourth-order valence-corrected chi connectivity index (χ4v) is 4.62. The van der Waals surface area contributed by atoms with Crippen molar-refractivity contribution in [3.05, 3.63) is 48.2 Å². The van der Waals surface area contributed by atoms with Crippen LogP contribution in [0.25, 0.3) is 0 Å². The number of nitrogens with zero attached hydrogens (tertiary/aromatic N) is 4. The van der Waals surface area contributed by atoms with Gasteiger partial charge in [-0.25, -0.2) is 14.7 Å². The Morgan fingerprint density at radius 1 is 1.18 bits per heavy atom. The molecule has 3 aliphatic rings. The number of benzene rings is 1. The lowest BCUT2D eigenvalue weighted by Gasteiger charge is -2.49. The first-order valence-electron chi connectivity index (χ1n) is 9.77. The molecule has 0 unspecified atom stereocenters. The molecule has 7 nitrogen and oxygen atoms in total. The van der Waals surface area contributed by atoms with E-state index in [1.807, 2.05) is 29.2 Å². The van der Waals surface area contributed by atoms with Gasteiger partial charge in [0.2, 0.25) is 0 Å². The molecule has 28 heavy (non-hydrogen) atoms. The van der Waals surface area contributed by atoms with Crippen LogP contribution < -0.4 is 10.2 Å². The number of hydrogen-bond donors (Lipinski definition) is 1. The van der Waals surface area contributed by atoms with Crippen LogP contribution in [0.15, 0.2) is 42.6 Å². The van der Waals surface area contributed by atoms with Crippen LogP contribution in [-0.2, 0) is 0 Å². The Morgan fingerprint density at radius 2 is 2.00 bits per heavy atom. The highest BCUT2D eigenvalue weighted by atomic mass is 16.2. The second-order valence-corrected chi connectivity index (χ2v) is 7.94. The van der Waals surface area contributed by atoms with Crippen LogP contribution in [0.3, 0.4) is 0 Å². The Balaban J connectivity index is 1.49. The lowest BCUT2D eigenvalue weighted by atomic mass is 9.79. The lowest BCUT2D eigenvalue weighted by molar-refractivity contribution is 0.0429. The normalized spacial score (nSPS) is 20.2. The van der Waals surface area contributed by atoms with E-state index < -0.39 is 0 Å². The zero-order valence-corrected chi connectivity index (χ0v) is 15.9. The van der Waals surface area contributed by atoms with E-state index in [-0.39, 0.29) is 17.4 Å². The Hall–Kier alpha value is -2.93. The Labute approximate surface area is 163 Å². The maximum absolute atomic E-state index is 13.5. The summed E-state index contributed by atoms with van der Waals surface area (Å²) in [5, 5.41) is 2.90. The monoisotopic (exact) mass is 377 g/mol. The maximum Gasteiger partial charge on any atom is 0.330 e. The zero-order chi connectivity index (χ0) is 19.3. The first kappa shape index (κ1) is 17.2. The number of para-hydroxylation sites is 2. The van der Waals surface area contributed by atoms with Crippen LogP contribution in [0.5, 0.6) is 0 Å². The molecule has 0 aliphatic carbocycles. The molecule has 2 fully saturated rings. The van der Waals surface area contributed by atoms with Crippen LogP contribution in [0.1, 0.15) is 23.7 Å².